The lowest BCUT2D eigenvalue weighted by molar-refractivity contribution is 0.0945. The van der Waals surface area contributed by atoms with Gasteiger partial charge in [-0.3, -0.25) is 10.1 Å². The van der Waals surface area contributed by atoms with Crippen molar-refractivity contribution in [3.05, 3.63) is 35.4 Å². The number of nitrogens with one attached hydrogen (secondary N) is 1. The molecule has 1 aromatic rings. The summed E-state index contributed by atoms with van der Waals surface area (Å²) in [7, 11) is 0. The third-order valence-electron chi connectivity index (χ3n) is 3.04. The van der Waals surface area contributed by atoms with E-state index in [1.54, 1.807) is 0 Å². The fraction of sp³-hybridized carbons (Fsp3) is 0.385. The monoisotopic (exact) mass is 268 g/mol. The number of carbonyl (C=O) groups excluding carboxylic acids is 2. The van der Waals surface area contributed by atoms with Crippen molar-refractivity contribution in [3.8, 4) is 0 Å². The Morgan fingerprint density at radius 1 is 1.11 bits per heavy atom. The summed E-state index contributed by atoms with van der Waals surface area (Å²) in [6.45, 7) is 1.18. The number of rotatable bonds is 1. The normalized spacial score (nSPS) is 15.2. The lowest BCUT2D eigenvalue weighted by Crippen LogP contribution is -2.45. The van der Waals surface area contributed by atoms with Crippen molar-refractivity contribution in [1.82, 2.24) is 10.2 Å². The van der Waals surface area contributed by atoms with Crippen molar-refractivity contribution in [2.24, 2.45) is 0 Å². The van der Waals surface area contributed by atoms with E-state index in [9.17, 15) is 18.4 Å². The highest BCUT2D eigenvalue weighted by Gasteiger charge is 2.20. The van der Waals surface area contributed by atoms with Gasteiger partial charge in [0.2, 0.25) is 0 Å². The molecule has 0 saturated carbocycles. The molecule has 1 fully saturated rings. The highest BCUT2D eigenvalue weighted by atomic mass is 19.1. The minimum absolute atomic E-state index is 0.341. The van der Waals surface area contributed by atoms with Gasteiger partial charge in [-0.25, -0.2) is 13.6 Å². The first-order chi connectivity index (χ1) is 9.08. The highest BCUT2D eigenvalue weighted by molar-refractivity contribution is 6.04. The number of urea groups is 1. The summed E-state index contributed by atoms with van der Waals surface area (Å²) in [6.07, 6.45) is 2.85. The van der Waals surface area contributed by atoms with Crippen LogP contribution < -0.4 is 5.32 Å². The van der Waals surface area contributed by atoms with Gasteiger partial charge in [0.05, 0.1) is 5.56 Å². The molecule has 102 valence electrons. The molecule has 0 aromatic heterocycles. The number of hydrogen-bond donors (Lipinski definition) is 1. The van der Waals surface area contributed by atoms with Crippen molar-refractivity contribution in [2.75, 3.05) is 13.1 Å². The van der Waals surface area contributed by atoms with Crippen molar-refractivity contribution in [2.45, 2.75) is 19.3 Å². The fourth-order valence-corrected chi connectivity index (χ4v) is 2.01. The summed E-state index contributed by atoms with van der Waals surface area (Å²) in [4.78, 5) is 25.0. The number of amides is 3. The average Bonchev–Trinajstić information content (AvgIpc) is 2.39. The maximum Gasteiger partial charge on any atom is 0.324 e. The summed E-state index contributed by atoms with van der Waals surface area (Å²) >= 11 is 0. The molecule has 0 atom stereocenters. The second kappa shape index (κ2) is 5.77. The molecule has 1 aromatic carbocycles. The lowest BCUT2D eigenvalue weighted by atomic mass is 10.1. The van der Waals surface area contributed by atoms with Crippen LogP contribution in [0.2, 0.25) is 0 Å². The molecular weight excluding hydrogens is 254 g/mol. The van der Waals surface area contributed by atoms with Crippen LogP contribution in [-0.2, 0) is 0 Å². The fourth-order valence-electron chi connectivity index (χ4n) is 2.01. The summed E-state index contributed by atoms with van der Waals surface area (Å²) in [5.74, 6) is -2.60. The van der Waals surface area contributed by atoms with Gasteiger partial charge in [-0.05, 0) is 31.4 Å². The van der Waals surface area contributed by atoms with E-state index >= 15 is 0 Å². The van der Waals surface area contributed by atoms with E-state index in [0.29, 0.717) is 19.2 Å². The molecule has 19 heavy (non-hydrogen) atoms. The van der Waals surface area contributed by atoms with Crippen molar-refractivity contribution in [3.63, 3.8) is 0 Å². The van der Waals surface area contributed by atoms with Crippen molar-refractivity contribution >= 4 is 11.9 Å². The van der Waals surface area contributed by atoms with Crippen molar-refractivity contribution in [1.29, 1.82) is 0 Å². The van der Waals surface area contributed by atoms with Crippen LogP contribution in [0, 0.1) is 11.6 Å². The first-order valence-corrected chi connectivity index (χ1v) is 6.13. The van der Waals surface area contributed by atoms with Gasteiger partial charge >= 0.3 is 6.03 Å². The molecule has 3 amide bonds. The maximum absolute atomic E-state index is 13.4. The number of halogens is 2. The van der Waals surface area contributed by atoms with Crippen LogP contribution in [0.3, 0.4) is 0 Å². The summed E-state index contributed by atoms with van der Waals surface area (Å²) < 4.78 is 26.1. The Morgan fingerprint density at radius 2 is 1.79 bits per heavy atom. The zero-order chi connectivity index (χ0) is 13.8. The Bertz CT molecular complexity index is 499. The Hall–Kier alpha value is -1.98. The van der Waals surface area contributed by atoms with E-state index in [-0.39, 0.29) is 5.56 Å². The predicted octanol–water partition coefficient (Wildman–Crippen LogP) is 2.30. The van der Waals surface area contributed by atoms with Gasteiger partial charge in [0, 0.05) is 19.2 Å². The molecule has 1 saturated heterocycles. The second-order valence-electron chi connectivity index (χ2n) is 4.43. The summed E-state index contributed by atoms with van der Waals surface area (Å²) in [6, 6.07) is 2.07. The lowest BCUT2D eigenvalue weighted by Gasteiger charge is -2.26. The zero-order valence-electron chi connectivity index (χ0n) is 10.3. The van der Waals surface area contributed by atoms with Crippen LogP contribution >= 0.6 is 0 Å². The highest BCUT2D eigenvalue weighted by Crippen LogP contribution is 2.11. The van der Waals surface area contributed by atoms with E-state index in [2.05, 4.69) is 5.32 Å². The third kappa shape index (κ3) is 3.27. The van der Waals surface area contributed by atoms with Gasteiger partial charge < -0.3 is 4.90 Å². The molecule has 1 N–H and O–H groups in total. The van der Waals surface area contributed by atoms with Gasteiger partial charge in [0.1, 0.15) is 11.6 Å². The number of likely N-dealkylation sites (tertiary alicyclic amines) is 1. The smallest absolute Gasteiger partial charge is 0.324 e. The Balaban J connectivity index is 2.02. The average molecular weight is 268 g/mol. The zero-order valence-corrected chi connectivity index (χ0v) is 10.3. The number of carbonyl (C=O) groups is 2. The van der Waals surface area contributed by atoms with Gasteiger partial charge in [-0.2, -0.15) is 0 Å². The molecule has 6 heteroatoms. The molecule has 0 unspecified atom stereocenters. The molecule has 0 aliphatic carbocycles. The molecule has 2 rings (SSSR count). The number of hydrogen-bond acceptors (Lipinski definition) is 2. The van der Waals surface area contributed by atoms with E-state index in [0.717, 1.165) is 31.4 Å². The van der Waals surface area contributed by atoms with Gasteiger partial charge in [-0.1, -0.05) is 0 Å². The largest absolute Gasteiger partial charge is 0.324 e. The third-order valence-corrected chi connectivity index (χ3v) is 3.04. The van der Waals surface area contributed by atoms with E-state index in [4.69, 9.17) is 0 Å². The Morgan fingerprint density at radius 3 is 2.42 bits per heavy atom. The second-order valence-corrected chi connectivity index (χ2v) is 4.43. The van der Waals surface area contributed by atoms with Crippen LogP contribution in [0.1, 0.15) is 29.6 Å². The van der Waals surface area contributed by atoms with Gasteiger partial charge in [-0.15, -0.1) is 0 Å². The molecule has 0 spiro atoms. The molecule has 4 nitrogen and oxygen atoms in total. The van der Waals surface area contributed by atoms with E-state index in [1.165, 1.54) is 4.90 Å². The topological polar surface area (TPSA) is 49.4 Å². The molecule has 1 heterocycles. The first kappa shape index (κ1) is 13.5. The van der Waals surface area contributed by atoms with Crippen molar-refractivity contribution < 1.29 is 18.4 Å². The predicted molar refractivity (Wildman–Crippen MR) is 64.6 cm³/mol. The van der Waals surface area contributed by atoms with Crippen LogP contribution in [0.25, 0.3) is 0 Å². The molecule has 1 aliphatic rings. The first-order valence-electron chi connectivity index (χ1n) is 6.13. The number of imide groups is 1. The Kier molecular flexibility index (Phi) is 4.09. The molecular formula is C13H14F2N2O2. The summed E-state index contributed by atoms with van der Waals surface area (Å²) in [5, 5.41) is 2.11. The van der Waals surface area contributed by atoms with E-state index < -0.39 is 23.6 Å². The van der Waals surface area contributed by atoms with E-state index in [1.807, 2.05) is 0 Å². The maximum atomic E-state index is 13.4. The van der Waals surface area contributed by atoms with Crippen LogP contribution in [0.4, 0.5) is 13.6 Å². The van der Waals surface area contributed by atoms with Crippen LogP contribution in [-0.4, -0.2) is 29.9 Å². The molecule has 0 bridgehead atoms. The van der Waals surface area contributed by atoms with Gasteiger partial charge in [0.25, 0.3) is 5.91 Å². The Labute approximate surface area is 109 Å². The van der Waals surface area contributed by atoms with Gasteiger partial charge in [0.15, 0.2) is 0 Å². The number of benzene rings is 1. The molecule has 0 radical (unpaired) electrons. The number of nitrogens with zero attached hydrogens (tertiary/aromatic N) is 1. The quantitative estimate of drug-likeness (QED) is 0.849. The minimum atomic E-state index is -0.982. The molecule has 1 aliphatic heterocycles. The van der Waals surface area contributed by atoms with Crippen LogP contribution in [0.5, 0.6) is 0 Å². The standard InChI is InChI=1S/C13H14F2N2O2/c14-9-4-5-10(11(15)8-9)12(18)16-13(19)17-6-2-1-3-7-17/h4-5,8H,1-3,6-7H2,(H,16,18,19). The number of piperidine rings is 1. The van der Waals surface area contributed by atoms with Crippen LogP contribution in [0.15, 0.2) is 18.2 Å². The minimum Gasteiger partial charge on any atom is -0.324 e. The SMILES string of the molecule is O=C(NC(=O)N1CCCCC1)c1ccc(F)cc1F. The summed E-state index contributed by atoms with van der Waals surface area (Å²) in [5.41, 5.74) is -0.341.